The number of carbonyl (C=O) groups is 2. The lowest BCUT2D eigenvalue weighted by Gasteiger charge is -2.45. The average molecular weight is 644 g/mol. The molecular formula is C32H38ClN3O7S. The molecule has 0 unspecified atom stereocenters. The molecule has 12 heteroatoms. The minimum absolute atomic E-state index is 0.0339. The van der Waals surface area contributed by atoms with Crippen molar-refractivity contribution in [1.82, 2.24) is 9.03 Å². The van der Waals surface area contributed by atoms with Crippen LogP contribution >= 0.6 is 11.6 Å². The largest absolute Gasteiger partial charge is 0.490 e. The highest BCUT2D eigenvalue weighted by Crippen LogP contribution is 2.46. The summed E-state index contributed by atoms with van der Waals surface area (Å²) in [6.45, 7) is 1.41. The van der Waals surface area contributed by atoms with E-state index < -0.39 is 34.6 Å². The fraction of sp³-hybridized carbons (Fsp3) is 0.500. The van der Waals surface area contributed by atoms with E-state index in [0.717, 1.165) is 36.4 Å². The molecule has 1 fully saturated rings. The highest BCUT2D eigenvalue weighted by Gasteiger charge is 2.44. The van der Waals surface area contributed by atoms with Gasteiger partial charge in [0.15, 0.2) is 0 Å². The van der Waals surface area contributed by atoms with Crippen molar-refractivity contribution >= 4 is 39.4 Å². The highest BCUT2D eigenvalue weighted by molar-refractivity contribution is 7.87. The van der Waals surface area contributed by atoms with E-state index in [0.29, 0.717) is 36.2 Å². The number of nitrogens with one attached hydrogen (secondary N) is 1. The van der Waals surface area contributed by atoms with Crippen molar-refractivity contribution in [3.63, 3.8) is 0 Å². The number of nitrogens with zero attached hydrogens (tertiary/aromatic N) is 2. The first-order chi connectivity index (χ1) is 21.0. The number of fused-ring (bicyclic) bond motifs is 4. The molecule has 2 aliphatic carbocycles. The van der Waals surface area contributed by atoms with Gasteiger partial charge in [0.05, 0.1) is 24.8 Å². The average Bonchev–Trinajstić information content (AvgIpc) is 3.10. The zero-order valence-corrected chi connectivity index (χ0v) is 26.0. The summed E-state index contributed by atoms with van der Waals surface area (Å²) in [7, 11) is -4.35. The molecule has 10 nitrogen and oxygen atoms in total. The van der Waals surface area contributed by atoms with Gasteiger partial charge in [-0.1, -0.05) is 29.8 Å². The third kappa shape index (κ3) is 6.20. The molecule has 2 aromatic carbocycles. The van der Waals surface area contributed by atoms with E-state index in [-0.39, 0.29) is 42.3 Å². The van der Waals surface area contributed by atoms with Gasteiger partial charge in [-0.3, -0.25) is 9.59 Å². The number of halogens is 1. The second-order valence-corrected chi connectivity index (χ2v) is 14.6. The van der Waals surface area contributed by atoms with Gasteiger partial charge in [-0.15, -0.1) is 0 Å². The number of hydrogen-bond donors (Lipinski definition) is 3. The molecule has 236 valence electrons. The Kier molecular flexibility index (Phi) is 8.67. The van der Waals surface area contributed by atoms with E-state index in [4.69, 9.17) is 16.3 Å². The predicted molar refractivity (Wildman–Crippen MR) is 166 cm³/mol. The zero-order valence-electron chi connectivity index (χ0n) is 24.5. The molecule has 4 aliphatic rings. The number of anilines is 1. The Hall–Kier alpha value is -3.12. The maximum atomic E-state index is 13.4. The summed E-state index contributed by atoms with van der Waals surface area (Å²) in [5, 5.41) is 21.0. The van der Waals surface area contributed by atoms with Crippen molar-refractivity contribution in [2.45, 2.75) is 56.5 Å². The fourth-order valence-corrected chi connectivity index (χ4v) is 8.57. The van der Waals surface area contributed by atoms with E-state index in [1.165, 1.54) is 11.1 Å². The van der Waals surface area contributed by atoms with Crippen molar-refractivity contribution in [3.05, 3.63) is 70.3 Å². The molecule has 2 aromatic rings. The van der Waals surface area contributed by atoms with E-state index >= 15 is 0 Å². The Balaban J connectivity index is 1.39. The monoisotopic (exact) mass is 643 g/mol. The van der Waals surface area contributed by atoms with Crippen molar-refractivity contribution in [2.24, 2.45) is 11.8 Å². The first-order valence-corrected chi connectivity index (χ1v) is 17.1. The number of benzene rings is 2. The molecule has 0 radical (unpaired) electrons. The van der Waals surface area contributed by atoms with Crippen molar-refractivity contribution in [2.75, 3.05) is 37.7 Å². The summed E-state index contributed by atoms with van der Waals surface area (Å²) in [5.41, 5.74) is 2.98. The minimum atomic E-state index is -4.35. The number of rotatable bonds is 3. The van der Waals surface area contributed by atoms with Crippen LogP contribution in [-0.4, -0.2) is 73.7 Å². The number of amides is 1. The van der Waals surface area contributed by atoms with Gasteiger partial charge in [-0.25, -0.2) is 4.72 Å². The van der Waals surface area contributed by atoms with Crippen LogP contribution < -0.4 is 14.4 Å². The number of carbonyl (C=O) groups excluding carboxylic acids is 1. The van der Waals surface area contributed by atoms with Crippen LogP contribution in [0, 0.1) is 11.8 Å². The van der Waals surface area contributed by atoms with E-state index in [2.05, 4.69) is 15.7 Å². The molecule has 44 heavy (non-hydrogen) atoms. The molecule has 6 rings (SSSR count). The van der Waals surface area contributed by atoms with Crippen LogP contribution in [0.5, 0.6) is 5.75 Å². The lowest BCUT2D eigenvalue weighted by Crippen LogP contribution is -2.49. The molecule has 2 aliphatic heterocycles. The maximum Gasteiger partial charge on any atom is 0.304 e. The lowest BCUT2D eigenvalue weighted by atomic mass is 9.68. The summed E-state index contributed by atoms with van der Waals surface area (Å²) in [6, 6.07) is 11.0. The summed E-state index contributed by atoms with van der Waals surface area (Å²) in [5.74, 6) is -1.08. The SMILES string of the molecule is O=C(O)CCN1CC/C=C\[C@H](O)[C@@H]2CC[C@H]2CN2C[C@@]3(CCCc4cc(Cl)ccc43)COc3ccc(cc32)C(=O)NS1(=O)=O. The Morgan fingerprint density at radius 1 is 1.18 bits per heavy atom. The number of ether oxygens (including phenoxy) is 1. The molecule has 0 aromatic heterocycles. The summed E-state index contributed by atoms with van der Waals surface area (Å²) < 4.78 is 36.1. The van der Waals surface area contributed by atoms with E-state index in [9.17, 15) is 28.2 Å². The normalized spacial score (nSPS) is 29.3. The van der Waals surface area contributed by atoms with Gasteiger partial charge in [-0.2, -0.15) is 12.7 Å². The number of carboxylic acids is 1. The van der Waals surface area contributed by atoms with Crippen LogP contribution in [0.1, 0.15) is 60.0 Å². The van der Waals surface area contributed by atoms with Gasteiger partial charge in [0, 0.05) is 42.2 Å². The summed E-state index contributed by atoms with van der Waals surface area (Å²) in [4.78, 5) is 26.9. The van der Waals surface area contributed by atoms with Crippen molar-refractivity contribution in [1.29, 1.82) is 0 Å². The number of aryl methyl sites for hydroxylation is 1. The third-order valence-electron chi connectivity index (χ3n) is 9.68. The first kappa shape index (κ1) is 30.9. The van der Waals surface area contributed by atoms with Crippen LogP contribution in [0.2, 0.25) is 5.02 Å². The van der Waals surface area contributed by atoms with Crippen molar-refractivity contribution < 1.29 is 33.0 Å². The third-order valence-corrected chi connectivity index (χ3v) is 11.4. The Labute approximate surface area is 262 Å². The molecule has 4 atom stereocenters. The van der Waals surface area contributed by atoms with Gasteiger partial charge in [0.2, 0.25) is 0 Å². The van der Waals surface area contributed by atoms with Gasteiger partial charge in [0.25, 0.3) is 5.91 Å². The first-order valence-electron chi connectivity index (χ1n) is 15.2. The topological polar surface area (TPSA) is 136 Å². The van der Waals surface area contributed by atoms with Crippen molar-refractivity contribution in [3.8, 4) is 5.75 Å². The van der Waals surface area contributed by atoms with Crippen LogP contribution in [0.4, 0.5) is 5.69 Å². The number of carboxylic acid groups (broad SMARTS) is 1. The molecule has 1 saturated carbocycles. The quantitative estimate of drug-likeness (QED) is 0.429. The van der Waals surface area contributed by atoms with Gasteiger partial charge in [0.1, 0.15) is 5.75 Å². The second-order valence-electron chi connectivity index (χ2n) is 12.5. The van der Waals surface area contributed by atoms with Gasteiger partial charge < -0.3 is 19.8 Å². The molecule has 2 heterocycles. The van der Waals surface area contributed by atoms with Crippen LogP contribution in [-0.2, 0) is 26.8 Å². The highest BCUT2D eigenvalue weighted by atomic mass is 35.5. The van der Waals surface area contributed by atoms with Crippen LogP contribution in [0.15, 0.2) is 48.6 Å². The molecular weight excluding hydrogens is 606 g/mol. The predicted octanol–water partition coefficient (Wildman–Crippen LogP) is 3.91. The molecule has 2 bridgehead atoms. The lowest BCUT2D eigenvalue weighted by molar-refractivity contribution is -0.137. The minimum Gasteiger partial charge on any atom is -0.490 e. The van der Waals surface area contributed by atoms with Crippen LogP contribution in [0.25, 0.3) is 0 Å². The Morgan fingerprint density at radius 3 is 2.80 bits per heavy atom. The number of hydrogen-bond acceptors (Lipinski definition) is 7. The number of aliphatic carboxylic acids is 1. The molecule has 1 spiro atoms. The van der Waals surface area contributed by atoms with Gasteiger partial charge in [-0.05, 0) is 91.8 Å². The molecule has 1 amide bonds. The van der Waals surface area contributed by atoms with Gasteiger partial charge >= 0.3 is 16.2 Å². The number of aliphatic hydroxyl groups excluding tert-OH is 1. The zero-order chi connectivity index (χ0) is 31.1. The van der Waals surface area contributed by atoms with E-state index in [1.54, 1.807) is 30.4 Å². The molecule has 3 N–H and O–H groups in total. The smallest absolute Gasteiger partial charge is 0.304 e. The fourth-order valence-electron chi connectivity index (χ4n) is 7.22. The standard InChI is InChI=1S/C32H38ClN3O7S/c33-24-8-10-26-21(16-24)4-3-13-32(26)19-35-18-23-6-9-25(23)28(37)5-1-2-14-36(15-12-30(38)39)44(41,42)34-31(40)22-7-11-29(43-20-32)27(35)17-22/h1,5,7-8,10-11,16-17,23,25,28,37H,2-4,6,9,12-15,18-20H2,(H,34,40)(H,38,39)/b5-1-/t23-,25+,28-,32-/m0/s1. The maximum absolute atomic E-state index is 13.4. The Morgan fingerprint density at radius 2 is 2.02 bits per heavy atom. The molecule has 0 saturated heterocycles. The summed E-state index contributed by atoms with van der Waals surface area (Å²) in [6.07, 6.45) is 7.29. The summed E-state index contributed by atoms with van der Waals surface area (Å²) >= 11 is 6.37. The second kappa shape index (κ2) is 12.3. The number of aliphatic hydroxyl groups is 1. The van der Waals surface area contributed by atoms with E-state index in [1.807, 2.05) is 12.1 Å². The Bertz CT molecular complexity index is 1580. The van der Waals surface area contributed by atoms with Crippen LogP contribution in [0.3, 0.4) is 0 Å².